The van der Waals surface area contributed by atoms with Crippen LogP contribution in [0.5, 0.6) is 5.75 Å². The molecule has 0 atom stereocenters. The number of hydrogen-bond acceptors (Lipinski definition) is 3. The van der Waals surface area contributed by atoms with Gasteiger partial charge in [-0.05, 0) is 43.0 Å². The fourth-order valence-electron chi connectivity index (χ4n) is 1.75. The van der Waals surface area contributed by atoms with Crippen molar-refractivity contribution in [3.63, 3.8) is 0 Å². The minimum absolute atomic E-state index is 0.0283. The van der Waals surface area contributed by atoms with Gasteiger partial charge in [0.1, 0.15) is 5.75 Å². The number of ketones is 1. The Balaban J connectivity index is 2.48. The largest absolute Gasteiger partial charge is 0.496 e. The van der Waals surface area contributed by atoms with E-state index < -0.39 is 0 Å². The summed E-state index contributed by atoms with van der Waals surface area (Å²) in [6.07, 6.45) is 0. The Morgan fingerprint density at radius 1 is 1.18 bits per heavy atom. The third-order valence-corrected chi connectivity index (χ3v) is 3.55. The zero-order chi connectivity index (χ0) is 12.4. The van der Waals surface area contributed by atoms with Crippen LogP contribution in [-0.2, 0) is 0 Å². The van der Waals surface area contributed by atoms with Gasteiger partial charge in [0.15, 0.2) is 5.78 Å². The minimum atomic E-state index is 0.0283. The quantitative estimate of drug-likeness (QED) is 0.773. The molecule has 0 saturated carbocycles. The maximum Gasteiger partial charge on any atom is 0.197 e. The molecule has 0 bridgehead atoms. The molecule has 1 aromatic heterocycles. The lowest BCUT2D eigenvalue weighted by Gasteiger charge is -2.08. The molecule has 2 rings (SSSR count). The van der Waals surface area contributed by atoms with Gasteiger partial charge in [0.2, 0.25) is 0 Å². The molecule has 0 saturated heterocycles. The maximum absolute atomic E-state index is 12.3. The van der Waals surface area contributed by atoms with Crippen LogP contribution in [0.1, 0.15) is 26.4 Å². The van der Waals surface area contributed by atoms with Crippen molar-refractivity contribution in [1.29, 1.82) is 0 Å². The molecule has 2 aromatic rings. The summed E-state index contributed by atoms with van der Waals surface area (Å²) in [6.45, 7) is 3.94. The third kappa shape index (κ3) is 2.24. The minimum Gasteiger partial charge on any atom is -0.496 e. The van der Waals surface area contributed by atoms with Gasteiger partial charge in [0, 0.05) is 10.4 Å². The molecule has 1 aromatic carbocycles. The Kier molecular flexibility index (Phi) is 3.29. The predicted octanol–water partition coefficient (Wildman–Crippen LogP) is 3.60. The van der Waals surface area contributed by atoms with E-state index in [0.717, 1.165) is 16.0 Å². The van der Waals surface area contributed by atoms with E-state index in [1.54, 1.807) is 18.4 Å². The molecule has 1 heterocycles. The molecule has 0 fully saturated rings. The molecule has 2 nitrogen and oxygen atoms in total. The molecule has 17 heavy (non-hydrogen) atoms. The van der Waals surface area contributed by atoms with E-state index in [9.17, 15) is 4.79 Å². The first-order valence-electron chi connectivity index (χ1n) is 5.37. The molecular weight excluding hydrogens is 232 g/mol. The number of rotatable bonds is 3. The van der Waals surface area contributed by atoms with Gasteiger partial charge in [-0.2, -0.15) is 0 Å². The number of benzene rings is 1. The van der Waals surface area contributed by atoms with E-state index in [4.69, 9.17) is 4.74 Å². The topological polar surface area (TPSA) is 26.3 Å². The van der Waals surface area contributed by atoms with Gasteiger partial charge < -0.3 is 4.74 Å². The van der Waals surface area contributed by atoms with Gasteiger partial charge >= 0.3 is 0 Å². The highest BCUT2D eigenvalue weighted by atomic mass is 32.1. The van der Waals surface area contributed by atoms with Crippen molar-refractivity contribution in [2.24, 2.45) is 0 Å². The molecule has 0 aliphatic rings. The lowest BCUT2D eigenvalue weighted by Crippen LogP contribution is -2.04. The second kappa shape index (κ2) is 4.72. The van der Waals surface area contributed by atoms with Gasteiger partial charge in [0.25, 0.3) is 0 Å². The SMILES string of the molecule is COc1cc(C)ccc1C(=O)c1ccsc1C. The summed E-state index contributed by atoms with van der Waals surface area (Å²) < 4.78 is 5.27. The molecule has 0 unspecified atom stereocenters. The summed E-state index contributed by atoms with van der Waals surface area (Å²) in [5.74, 6) is 0.668. The highest BCUT2D eigenvalue weighted by Gasteiger charge is 2.16. The summed E-state index contributed by atoms with van der Waals surface area (Å²) in [6, 6.07) is 7.50. The first-order valence-corrected chi connectivity index (χ1v) is 6.25. The average Bonchev–Trinajstić information content (AvgIpc) is 2.74. The predicted molar refractivity (Wildman–Crippen MR) is 70.2 cm³/mol. The Hall–Kier alpha value is -1.61. The molecular formula is C14H14O2S. The number of aryl methyl sites for hydroxylation is 2. The fraction of sp³-hybridized carbons (Fsp3) is 0.214. The van der Waals surface area contributed by atoms with Crippen LogP contribution in [0.4, 0.5) is 0 Å². The molecule has 88 valence electrons. The lowest BCUT2D eigenvalue weighted by molar-refractivity contribution is 0.103. The van der Waals surface area contributed by atoms with E-state index in [2.05, 4.69) is 0 Å². The van der Waals surface area contributed by atoms with Crippen molar-refractivity contribution in [1.82, 2.24) is 0 Å². The van der Waals surface area contributed by atoms with Gasteiger partial charge in [-0.1, -0.05) is 6.07 Å². The number of hydrogen-bond donors (Lipinski definition) is 0. The van der Waals surface area contributed by atoms with Crippen molar-refractivity contribution >= 4 is 17.1 Å². The fourth-order valence-corrected chi connectivity index (χ4v) is 2.45. The molecule has 0 N–H and O–H groups in total. The number of carbonyl (C=O) groups excluding carboxylic acids is 1. The molecule has 0 spiro atoms. The summed E-state index contributed by atoms with van der Waals surface area (Å²) in [7, 11) is 1.59. The summed E-state index contributed by atoms with van der Waals surface area (Å²) in [5.41, 5.74) is 2.47. The maximum atomic E-state index is 12.3. The van der Waals surface area contributed by atoms with Crippen molar-refractivity contribution < 1.29 is 9.53 Å². The first kappa shape index (κ1) is 11.9. The first-order chi connectivity index (χ1) is 8.13. The summed E-state index contributed by atoms with van der Waals surface area (Å²) in [5, 5.41) is 1.93. The van der Waals surface area contributed by atoms with Crippen molar-refractivity contribution in [2.75, 3.05) is 7.11 Å². The van der Waals surface area contributed by atoms with Crippen molar-refractivity contribution in [3.05, 3.63) is 51.2 Å². The second-order valence-corrected chi connectivity index (χ2v) is 5.04. The van der Waals surface area contributed by atoms with Crippen molar-refractivity contribution in [2.45, 2.75) is 13.8 Å². The van der Waals surface area contributed by atoms with E-state index in [1.807, 2.05) is 43.5 Å². The van der Waals surface area contributed by atoms with Crippen LogP contribution in [-0.4, -0.2) is 12.9 Å². The van der Waals surface area contributed by atoms with E-state index in [0.29, 0.717) is 11.3 Å². The Labute approximate surface area is 105 Å². The molecule has 3 heteroatoms. The molecule has 0 radical (unpaired) electrons. The Morgan fingerprint density at radius 3 is 2.53 bits per heavy atom. The van der Waals surface area contributed by atoms with Crippen LogP contribution < -0.4 is 4.74 Å². The van der Waals surface area contributed by atoms with Crippen LogP contribution in [0.15, 0.2) is 29.6 Å². The van der Waals surface area contributed by atoms with Crippen molar-refractivity contribution in [3.8, 4) is 5.75 Å². The van der Waals surface area contributed by atoms with Crippen LogP contribution in [0.3, 0.4) is 0 Å². The summed E-state index contributed by atoms with van der Waals surface area (Å²) >= 11 is 1.58. The van der Waals surface area contributed by atoms with E-state index in [-0.39, 0.29) is 5.78 Å². The number of carbonyl (C=O) groups is 1. The van der Waals surface area contributed by atoms with E-state index >= 15 is 0 Å². The standard InChI is InChI=1S/C14H14O2S/c1-9-4-5-12(13(8-9)16-3)14(15)11-6-7-17-10(11)2/h4-8H,1-3H3. The average molecular weight is 246 g/mol. The van der Waals surface area contributed by atoms with Crippen LogP contribution >= 0.6 is 11.3 Å². The lowest BCUT2D eigenvalue weighted by atomic mass is 10.0. The van der Waals surface area contributed by atoms with Crippen LogP contribution in [0, 0.1) is 13.8 Å². The molecule has 0 aliphatic heterocycles. The zero-order valence-corrected chi connectivity index (χ0v) is 10.9. The highest BCUT2D eigenvalue weighted by molar-refractivity contribution is 7.10. The Bertz CT molecular complexity index is 555. The van der Waals surface area contributed by atoms with Gasteiger partial charge in [0.05, 0.1) is 12.7 Å². The van der Waals surface area contributed by atoms with Gasteiger partial charge in [-0.3, -0.25) is 4.79 Å². The monoisotopic (exact) mass is 246 g/mol. The zero-order valence-electron chi connectivity index (χ0n) is 10.1. The highest BCUT2D eigenvalue weighted by Crippen LogP contribution is 2.25. The summed E-state index contributed by atoms with van der Waals surface area (Å²) in [4.78, 5) is 13.4. The normalized spacial score (nSPS) is 10.3. The third-order valence-electron chi connectivity index (χ3n) is 2.71. The number of ether oxygens (including phenoxy) is 1. The van der Waals surface area contributed by atoms with E-state index in [1.165, 1.54) is 0 Å². The Morgan fingerprint density at radius 2 is 1.94 bits per heavy atom. The van der Waals surface area contributed by atoms with Crippen LogP contribution in [0.2, 0.25) is 0 Å². The molecule has 0 amide bonds. The van der Waals surface area contributed by atoms with Crippen LogP contribution in [0.25, 0.3) is 0 Å². The molecule has 0 aliphatic carbocycles. The van der Waals surface area contributed by atoms with Gasteiger partial charge in [-0.25, -0.2) is 0 Å². The van der Waals surface area contributed by atoms with Gasteiger partial charge in [-0.15, -0.1) is 11.3 Å². The number of thiophene rings is 1. The second-order valence-electron chi connectivity index (χ2n) is 3.92. The number of methoxy groups -OCH3 is 1. The smallest absolute Gasteiger partial charge is 0.197 e.